The number of hydrogen-bond donors (Lipinski definition) is 3. The minimum absolute atomic E-state index is 0.286. The van der Waals surface area contributed by atoms with E-state index in [2.05, 4.69) is 43.5 Å². The Morgan fingerprint density at radius 3 is 1.61 bits per heavy atom. The van der Waals surface area contributed by atoms with Crippen molar-refractivity contribution in [2.75, 3.05) is 5.75 Å². The maximum Gasteiger partial charge on any atom is 0.267 e. The lowest BCUT2D eigenvalue weighted by Crippen LogP contribution is -2.46. The first kappa shape index (κ1) is 36.6. The van der Waals surface area contributed by atoms with Crippen LogP contribution in [0.2, 0.25) is 0 Å². The van der Waals surface area contributed by atoms with Crippen LogP contribution in [0, 0.1) is 0 Å². The van der Waals surface area contributed by atoms with Crippen molar-refractivity contribution < 1.29 is 22.9 Å². The predicted molar refractivity (Wildman–Crippen MR) is 161 cm³/mol. The van der Waals surface area contributed by atoms with E-state index in [0.717, 1.165) is 44.9 Å². The van der Waals surface area contributed by atoms with E-state index < -0.39 is 28.0 Å². The molecule has 2 atom stereocenters. The van der Waals surface area contributed by atoms with Crippen LogP contribution in [0.3, 0.4) is 0 Å². The summed E-state index contributed by atoms with van der Waals surface area (Å²) < 4.78 is 32.1. The van der Waals surface area contributed by atoms with Crippen molar-refractivity contribution in [2.45, 2.75) is 148 Å². The fraction of sp³-hybridized carbons (Fsp3) is 0.774. The van der Waals surface area contributed by atoms with Gasteiger partial charge in [-0.05, 0) is 38.5 Å². The molecule has 0 aliphatic heterocycles. The van der Waals surface area contributed by atoms with Crippen LogP contribution in [0.4, 0.5) is 0 Å². The van der Waals surface area contributed by atoms with Gasteiger partial charge in [0, 0.05) is 6.42 Å². The quantitative estimate of drug-likeness (QED) is 0.0573. The molecule has 0 bridgehead atoms. The number of nitrogens with one attached hydrogen (secondary N) is 1. The number of aliphatic hydroxyl groups is 1. The molecule has 0 radical (unpaired) electrons. The standard InChI is InChI=1S/C31H57NO5S/c1-3-5-7-9-11-13-15-17-19-21-23-25-27-31(34)32-29(28-38(35,36)37)30(33)26-24-22-20-18-16-14-12-10-8-6-4-2/h8,10,16,18,24,26,29-30,33H,3-7,9,11-15,17,19-23,25,27-28H2,1-2H3,(H,32,34)(H,35,36,37)/b10-8+,18-16+,26-24+. The molecule has 1 amide bonds. The Morgan fingerprint density at radius 1 is 0.684 bits per heavy atom. The summed E-state index contributed by atoms with van der Waals surface area (Å²) in [6.07, 6.45) is 31.3. The van der Waals surface area contributed by atoms with Crippen LogP contribution >= 0.6 is 0 Å². The van der Waals surface area contributed by atoms with Gasteiger partial charge in [0.25, 0.3) is 10.1 Å². The van der Waals surface area contributed by atoms with Gasteiger partial charge >= 0.3 is 0 Å². The van der Waals surface area contributed by atoms with Crippen molar-refractivity contribution in [2.24, 2.45) is 0 Å². The van der Waals surface area contributed by atoms with Crippen LogP contribution in [0.5, 0.6) is 0 Å². The molecule has 0 fully saturated rings. The van der Waals surface area contributed by atoms with Crippen LogP contribution in [-0.2, 0) is 14.9 Å². The highest BCUT2D eigenvalue weighted by molar-refractivity contribution is 7.85. The molecule has 2 unspecified atom stereocenters. The van der Waals surface area contributed by atoms with Gasteiger partial charge in [-0.3, -0.25) is 9.35 Å². The molecule has 7 heteroatoms. The van der Waals surface area contributed by atoms with E-state index in [1.807, 2.05) is 0 Å². The van der Waals surface area contributed by atoms with Gasteiger partial charge in [-0.15, -0.1) is 0 Å². The Bertz CT molecular complexity index is 745. The zero-order valence-corrected chi connectivity index (χ0v) is 25.1. The molecule has 3 N–H and O–H groups in total. The molecule has 0 aromatic heterocycles. The molecule has 0 saturated carbocycles. The molecule has 0 saturated heterocycles. The summed E-state index contributed by atoms with van der Waals surface area (Å²) in [6.45, 7) is 4.40. The third-order valence-corrected chi connectivity index (χ3v) is 7.31. The van der Waals surface area contributed by atoms with E-state index in [4.69, 9.17) is 0 Å². The van der Waals surface area contributed by atoms with Gasteiger partial charge in [-0.2, -0.15) is 8.42 Å². The second-order valence-electron chi connectivity index (χ2n) is 10.4. The van der Waals surface area contributed by atoms with E-state index in [9.17, 15) is 22.9 Å². The monoisotopic (exact) mass is 555 g/mol. The molecule has 6 nitrogen and oxygen atoms in total. The minimum Gasteiger partial charge on any atom is -0.387 e. The Hall–Kier alpha value is -1.44. The van der Waals surface area contributed by atoms with Crippen LogP contribution in [0.1, 0.15) is 136 Å². The van der Waals surface area contributed by atoms with Crippen molar-refractivity contribution in [1.29, 1.82) is 0 Å². The van der Waals surface area contributed by atoms with Gasteiger partial charge in [0.05, 0.1) is 17.9 Å². The van der Waals surface area contributed by atoms with Crippen molar-refractivity contribution in [3.05, 3.63) is 36.5 Å². The average Bonchev–Trinajstić information content (AvgIpc) is 2.86. The van der Waals surface area contributed by atoms with Crippen LogP contribution in [0.25, 0.3) is 0 Å². The predicted octanol–water partition coefficient (Wildman–Crippen LogP) is 7.84. The van der Waals surface area contributed by atoms with Crippen LogP contribution in [-0.4, -0.2) is 41.9 Å². The topological polar surface area (TPSA) is 104 Å². The molecule has 0 aromatic carbocycles. The number of allylic oxidation sites excluding steroid dienone is 5. The summed E-state index contributed by atoms with van der Waals surface area (Å²) in [6, 6.07) is -1.07. The summed E-state index contributed by atoms with van der Waals surface area (Å²) in [4.78, 5) is 12.3. The van der Waals surface area contributed by atoms with Crippen LogP contribution < -0.4 is 5.32 Å². The summed E-state index contributed by atoms with van der Waals surface area (Å²) in [5, 5.41) is 13.0. The fourth-order valence-corrected chi connectivity index (χ4v) is 4.99. The summed E-state index contributed by atoms with van der Waals surface area (Å²) in [5.74, 6) is -1.01. The van der Waals surface area contributed by atoms with Gasteiger partial charge in [-0.25, -0.2) is 0 Å². The van der Waals surface area contributed by atoms with Crippen LogP contribution in [0.15, 0.2) is 36.5 Å². The maximum absolute atomic E-state index is 12.3. The van der Waals surface area contributed by atoms with Crippen molar-refractivity contribution >= 4 is 16.0 Å². The van der Waals surface area contributed by atoms with E-state index >= 15 is 0 Å². The first-order chi connectivity index (χ1) is 18.3. The van der Waals surface area contributed by atoms with E-state index in [1.54, 1.807) is 6.08 Å². The molecule has 222 valence electrons. The summed E-state index contributed by atoms with van der Waals surface area (Å²) >= 11 is 0. The highest BCUT2D eigenvalue weighted by Crippen LogP contribution is 2.13. The maximum atomic E-state index is 12.3. The Kier molecular flexibility index (Phi) is 24.8. The Balaban J connectivity index is 4.17. The third kappa shape index (κ3) is 26.2. The lowest BCUT2D eigenvalue weighted by molar-refractivity contribution is -0.122. The second-order valence-corrected chi connectivity index (χ2v) is 11.9. The van der Waals surface area contributed by atoms with E-state index in [-0.39, 0.29) is 12.3 Å². The average molecular weight is 556 g/mol. The first-order valence-electron chi connectivity index (χ1n) is 15.2. The van der Waals surface area contributed by atoms with E-state index in [0.29, 0.717) is 6.42 Å². The number of carbonyl (C=O) groups excluding carboxylic acids is 1. The number of amides is 1. The minimum atomic E-state index is -4.34. The second kappa shape index (κ2) is 25.8. The van der Waals surface area contributed by atoms with Gasteiger partial charge in [-0.1, -0.05) is 127 Å². The summed E-state index contributed by atoms with van der Waals surface area (Å²) in [5.41, 5.74) is 0. The highest BCUT2D eigenvalue weighted by Gasteiger charge is 2.24. The molecule has 0 aliphatic rings. The zero-order valence-electron chi connectivity index (χ0n) is 24.3. The smallest absolute Gasteiger partial charge is 0.267 e. The molecular formula is C31H57NO5S. The first-order valence-corrected chi connectivity index (χ1v) is 16.8. The molecule has 0 spiro atoms. The van der Waals surface area contributed by atoms with Gasteiger partial charge in [0.1, 0.15) is 0 Å². The fourth-order valence-electron chi connectivity index (χ4n) is 4.25. The number of hydrogen-bond acceptors (Lipinski definition) is 4. The Labute approximate surface area is 234 Å². The summed E-state index contributed by atoms with van der Waals surface area (Å²) in [7, 11) is -4.34. The molecule has 0 heterocycles. The largest absolute Gasteiger partial charge is 0.387 e. The number of aliphatic hydroxyl groups excluding tert-OH is 1. The number of rotatable bonds is 26. The van der Waals surface area contributed by atoms with Crippen molar-refractivity contribution in [1.82, 2.24) is 5.32 Å². The number of carbonyl (C=O) groups is 1. The van der Waals surface area contributed by atoms with Crippen molar-refractivity contribution in [3.63, 3.8) is 0 Å². The SMILES string of the molecule is CCC/C=C/CC/C=C/CC/C=C/C(O)C(CS(=O)(=O)O)NC(=O)CCCCCCCCCCCCCC. The molecular weight excluding hydrogens is 498 g/mol. The molecule has 38 heavy (non-hydrogen) atoms. The lowest BCUT2D eigenvalue weighted by Gasteiger charge is -2.21. The normalized spacial score (nSPS) is 14.1. The molecule has 0 aromatic rings. The third-order valence-electron chi connectivity index (χ3n) is 6.53. The highest BCUT2D eigenvalue weighted by atomic mass is 32.2. The molecule has 0 rings (SSSR count). The van der Waals surface area contributed by atoms with Gasteiger partial charge < -0.3 is 10.4 Å². The zero-order chi connectivity index (χ0) is 28.3. The van der Waals surface area contributed by atoms with Gasteiger partial charge in [0.2, 0.25) is 5.91 Å². The van der Waals surface area contributed by atoms with E-state index in [1.165, 1.54) is 70.3 Å². The lowest BCUT2D eigenvalue weighted by atomic mass is 10.0. The number of unbranched alkanes of at least 4 members (excludes halogenated alkanes) is 14. The van der Waals surface area contributed by atoms with Gasteiger partial charge in [0.15, 0.2) is 0 Å². The van der Waals surface area contributed by atoms with Crippen molar-refractivity contribution in [3.8, 4) is 0 Å². The Morgan fingerprint density at radius 2 is 1.13 bits per heavy atom. The molecule has 0 aliphatic carbocycles.